The van der Waals surface area contributed by atoms with Crippen LogP contribution in [0.5, 0.6) is 0 Å². The number of hydrogen-bond donors (Lipinski definition) is 0. The second-order valence-electron chi connectivity index (χ2n) is 5.25. The molecule has 0 aromatic heterocycles. The fourth-order valence-corrected chi connectivity index (χ4v) is 2.83. The molecule has 0 saturated carbocycles. The van der Waals surface area contributed by atoms with Gasteiger partial charge in [0.05, 0.1) is 12.8 Å². The van der Waals surface area contributed by atoms with E-state index in [0.717, 1.165) is 32.8 Å². The Labute approximate surface area is 91.8 Å². The van der Waals surface area contributed by atoms with Crippen LogP contribution in [0.4, 0.5) is 4.39 Å². The zero-order chi connectivity index (χ0) is 10.7. The molecular weight excluding hydrogens is 193 g/mol. The first-order chi connectivity index (χ1) is 7.20. The average Bonchev–Trinajstić information content (AvgIpc) is 2.63. The molecule has 1 spiro atoms. The number of alkyl halides is 1. The quantitative estimate of drug-likeness (QED) is 0.716. The molecule has 2 rings (SSSR count). The molecule has 3 heteroatoms. The van der Waals surface area contributed by atoms with Gasteiger partial charge in [0.2, 0.25) is 0 Å². The molecule has 0 radical (unpaired) electrons. The van der Waals surface area contributed by atoms with E-state index in [2.05, 4.69) is 4.90 Å². The summed E-state index contributed by atoms with van der Waals surface area (Å²) in [5.74, 6) is 0. The van der Waals surface area contributed by atoms with Crippen molar-refractivity contribution < 1.29 is 9.13 Å². The highest BCUT2D eigenvalue weighted by molar-refractivity contribution is 4.89. The molecule has 2 aliphatic heterocycles. The van der Waals surface area contributed by atoms with Gasteiger partial charge in [0.1, 0.15) is 0 Å². The van der Waals surface area contributed by atoms with Crippen LogP contribution in [0.3, 0.4) is 0 Å². The minimum Gasteiger partial charge on any atom is -0.381 e. The standard InChI is InChI=1S/C12H22FNO/c1-11(13)3-7-14-6-2-4-12(9-14)5-8-15-10-12/h11H,2-10H2,1H3. The summed E-state index contributed by atoms with van der Waals surface area (Å²) in [6, 6.07) is 0. The number of hydrogen-bond acceptors (Lipinski definition) is 2. The minimum atomic E-state index is -0.664. The number of piperidine rings is 1. The lowest BCUT2D eigenvalue weighted by Crippen LogP contribution is -2.44. The average molecular weight is 215 g/mol. The monoisotopic (exact) mass is 215 g/mol. The second-order valence-corrected chi connectivity index (χ2v) is 5.25. The summed E-state index contributed by atoms with van der Waals surface area (Å²) < 4.78 is 18.3. The Balaban J connectivity index is 1.81. The molecule has 2 atom stereocenters. The predicted molar refractivity (Wildman–Crippen MR) is 58.7 cm³/mol. The highest BCUT2D eigenvalue weighted by Gasteiger charge is 2.38. The van der Waals surface area contributed by atoms with Crippen molar-refractivity contribution in [2.24, 2.45) is 5.41 Å². The fraction of sp³-hybridized carbons (Fsp3) is 1.00. The lowest BCUT2D eigenvalue weighted by atomic mass is 9.79. The Kier molecular flexibility index (Phi) is 3.62. The van der Waals surface area contributed by atoms with E-state index in [9.17, 15) is 4.39 Å². The van der Waals surface area contributed by atoms with Crippen molar-refractivity contribution in [1.82, 2.24) is 4.90 Å². The zero-order valence-corrected chi connectivity index (χ0v) is 9.67. The smallest absolute Gasteiger partial charge is 0.0985 e. The Bertz CT molecular complexity index is 202. The van der Waals surface area contributed by atoms with Crippen LogP contribution in [0.25, 0.3) is 0 Å². The van der Waals surface area contributed by atoms with E-state index in [1.165, 1.54) is 19.3 Å². The van der Waals surface area contributed by atoms with Gasteiger partial charge in [-0.15, -0.1) is 0 Å². The van der Waals surface area contributed by atoms with Crippen LogP contribution in [0, 0.1) is 5.41 Å². The van der Waals surface area contributed by atoms with Crippen LogP contribution < -0.4 is 0 Å². The Hall–Kier alpha value is -0.150. The van der Waals surface area contributed by atoms with Crippen molar-refractivity contribution >= 4 is 0 Å². The number of likely N-dealkylation sites (tertiary alicyclic amines) is 1. The summed E-state index contributed by atoms with van der Waals surface area (Å²) in [6.45, 7) is 6.69. The summed E-state index contributed by atoms with van der Waals surface area (Å²) in [7, 11) is 0. The minimum absolute atomic E-state index is 0.414. The van der Waals surface area contributed by atoms with Gasteiger partial charge in [-0.3, -0.25) is 0 Å². The van der Waals surface area contributed by atoms with Crippen LogP contribution in [0.1, 0.15) is 32.6 Å². The normalized spacial score (nSPS) is 34.8. The van der Waals surface area contributed by atoms with Gasteiger partial charge in [-0.05, 0) is 39.2 Å². The SMILES string of the molecule is CC(F)CCN1CCCC2(CCOC2)C1. The van der Waals surface area contributed by atoms with Crippen LogP contribution in [-0.4, -0.2) is 43.9 Å². The van der Waals surface area contributed by atoms with Crippen molar-refractivity contribution in [1.29, 1.82) is 0 Å². The Morgan fingerprint density at radius 2 is 2.33 bits per heavy atom. The van der Waals surface area contributed by atoms with E-state index in [1.807, 2.05) is 0 Å². The maximum Gasteiger partial charge on any atom is 0.0985 e. The first kappa shape index (κ1) is 11.3. The van der Waals surface area contributed by atoms with Crippen LogP contribution >= 0.6 is 0 Å². The Morgan fingerprint density at radius 1 is 1.47 bits per heavy atom. The van der Waals surface area contributed by atoms with Gasteiger partial charge in [-0.1, -0.05) is 0 Å². The first-order valence-corrected chi connectivity index (χ1v) is 6.14. The summed E-state index contributed by atoms with van der Waals surface area (Å²) in [5.41, 5.74) is 0.414. The van der Waals surface area contributed by atoms with E-state index >= 15 is 0 Å². The van der Waals surface area contributed by atoms with Gasteiger partial charge in [0.15, 0.2) is 0 Å². The molecule has 2 fully saturated rings. The van der Waals surface area contributed by atoms with E-state index in [0.29, 0.717) is 11.8 Å². The molecule has 0 aliphatic carbocycles. The van der Waals surface area contributed by atoms with E-state index in [-0.39, 0.29) is 0 Å². The lowest BCUT2D eigenvalue weighted by Gasteiger charge is -2.39. The van der Waals surface area contributed by atoms with Crippen molar-refractivity contribution in [3.05, 3.63) is 0 Å². The summed E-state index contributed by atoms with van der Waals surface area (Å²) in [6.07, 6.45) is 3.77. The Morgan fingerprint density at radius 3 is 3.00 bits per heavy atom. The highest BCUT2D eigenvalue weighted by Crippen LogP contribution is 2.37. The molecule has 0 amide bonds. The third kappa shape index (κ3) is 2.91. The molecular formula is C12H22FNO. The van der Waals surface area contributed by atoms with Crippen LogP contribution in [-0.2, 0) is 4.74 Å². The fourth-order valence-electron chi connectivity index (χ4n) is 2.83. The summed E-state index contributed by atoms with van der Waals surface area (Å²) in [5, 5.41) is 0. The van der Waals surface area contributed by atoms with Gasteiger partial charge in [0.25, 0.3) is 0 Å². The molecule has 0 bridgehead atoms. The molecule has 0 aromatic rings. The van der Waals surface area contributed by atoms with E-state index < -0.39 is 6.17 Å². The molecule has 0 N–H and O–H groups in total. The maximum atomic E-state index is 12.8. The van der Waals surface area contributed by atoms with E-state index in [4.69, 9.17) is 4.74 Å². The topological polar surface area (TPSA) is 12.5 Å². The maximum absolute atomic E-state index is 12.8. The number of halogens is 1. The molecule has 2 aliphatic rings. The number of nitrogens with zero attached hydrogens (tertiary/aromatic N) is 1. The van der Waals surface area contributed by atoms with Crippen molar-refractivity contribution in [2.45, 2.75) is 38.8 Å². The van der Waals surface area contributed by atoms with Gasteiger partial charge in [-0.25, -0.2) is 4.39 Å². The van der Waals surface area contributed by atoms with Gasteiger partial charge in [0, 0.05) is 25.1 Å². The summed E-state index contributed by atoms with van der Waals surface area (Å²) >= 11 is 0. The first-order valence-electron chi connectivity index (χ1n) is 6.14. The molecule has 88 valence electrons. The molecule has 2 heterocycles. The van der Waals surface area contributed by atoms with Crippen molar-refractivity contribution in [2.75, 3.05) is 32.8 Å². The molecule has 2 nitrogen and oxygen atoms in total. The third-order valence-corrected chi connectivity index (χ3v) is 3.77. The second kappa shape index (κ2) is 4.79. The van der Waals surface area contributed by atoms with Crippen molar-refractivity contribution in [3.8, 4) is 0 Å². The van der Waals surface area contributed by atoms with Gasteiger partial charge in [-0.2, -0.15) is 0 Å². The molecule has 0 aromatic carbocycles. The molecule has 2 unspecified atom stereocenters. The third-order valence-electron chi connectivity index (χ3n) is 3.77. The zero-order valence-electron chi connectivity index (χ0n) is 9.67. The van der Waals surface area contributed by atoms with Crippen LogP contribution in [0.2, 0.25) is 0 Å². The predicted octanol–water partition coefficient (Wildman–Crippen LogP) is 2.24. The van der Waals surface area contributed by atoms with Gasteiger partial charge >= 0.3 is 0 Å². The van der Waals surface area contributed by atoms with Crippen LogP contribution in [0.15, 0.2) is 0 Å². The number of rotatable bonds is 3. The largest absolute Gasteiger partial charge is 0.381 e. The van der Waals surface area contributed by atoms with E-state index in [1.54, 1.807) is 6.92 Å². The van der Waals surface area contributed by atoms with Crippen molar-refractivity contribution in [3.63, 3.8) is 0 Å². The van der Waals surface area contributed by atoms with Gasteiger partial charge < -0.3 is 9.64 Å². The molecule has 2 saturated heterocycles. The number of ether oxygens (including phenoxy) is 1. The highest BCUT2D eigenvalue weighted by atomic mass is 19.1. The summed E-state index contributed by atoms with van der Waals surface area (Å²) in [4.78, 5) is 2.42. The lowest BCUT2D eigenvalue weighted by molar-refractivity contribution is 0.0644. The molecule has 15 heavy (non-hydrogen) atoms.